The van der Waals surface area contributed by atoms with Crippen LogP contribution in [-0.4, -0.2) is 31.5 Å². The summed E-state index contributed by atoms with van der Waals surface area (Å²) in [5.41, 5.74) is 2.14. The molecule has 1 aliphatic rings. The van der Waals surface area contributed by atoms with Gasteiger partial charge in [-0.15, -0.1) is 0 Å². The third-order valence-corrected chi connectivity index (χ3v) is 5.41. The van der Waals surface area contributed by atoms with Crippen LogP contribution in [0, 0.1) is 5.92 Å². The molecule has 1 heterocycles. The Kier molecular flexibility index (Phi) is 6.32. The quantitative estimate of drug-likeness (QED) is 0.545. The highest BCUT2D eigenvalue weighted by atomic mass is 16.5. The smallest absolute Gasteiger partial charge is 0.258 e. The van der Waals surface area contributed by atoms with Gasteiger partial charge in [0.1, 0.15) is 5.75 Å². The number of rotatable bonds is 6. The second-order valence-corrected chi connectivity index (χ2v) is 7.68. The third kappa shape index (κ3) is 4.61. The molecule has 0 N–H and O–H groups in total. The van der Waals surface area contributed by atoms with Crippen molar-refractivity contribution in [3.8, 4) is 5.75 Å². The Hall–Kier alpha value is -3.60. The van der Waals surface area contributed by atoms with Gasteiger partial charge in [0.2, 0.25) is 5.91 Å². The van der Waals surface area contributed by atoms with Crippen molar-refractivity contribution in [2.24, 2.45) is 5.92 Å². The Morgan fingerprint density at radius 1 is 0.903 bits per heavy atom. The fourth-order valence-electron chi connectivity index (χ4n) is 3.84. The molecule has 0 radical (unpaired) electrons. The van der Waals surface area contributed by atoms with E-state index < -0.39 is 0 Å². The zero-order valence-corrected chi connectivity index (χ0v) is 17.6. The zero-order valence-electron chi connectivity index (χ0n) is 17.6. The van der Waals surface area contributed by atoms with Crippen molar-refractivity contribution < 1.29 is 14.3 Å². The van der Waals surface area contributed by atoms with Crippen LogP contribution >= 0.6 is 0 Å². The van der Waals surface area contributed by atoms with Crippen LogP contribution in [0.1, 0.15) is 23.7 Å². The number of carbonyl (C=O) groups is 2. The molecule has 0 saturated heterocycles. The summed E-state index contributed by atoms with van der Waals surface area (Å²) in [6, 6.07) is 26.5. The molecule has 0 fully saturated rings. The lowest BCUT2D eigenvalue weighted by Gasteiger charge is -2.25. The van der Waals surface area contributed by atoms with Gasteiger partial charge in [0.05, 0.1) is 23.9 Å². The minimum absolute atomic E-state index is 0.0236. The van der Waals surface area contributed by atoms with E-state index >= 15 is 0 Å². The lowest BCUT2D eigenvalue weighted by Crippen LogP contribution is -2.39. The molecule has 1 aliphatic heterocycles. The SMILES string of the molecule is CC1CN(C(=O)c2ccccc2)c2ccccc2N(CCCOc2ccccc2)C1=O. The van der Waals surface area contributed by atoms with E-state index in [1.165, 1.54) is 0 Å². The number of ether oxygens (including phenoxy) is 1. The minimum Gasteiger partial charge on any atom is -0.494 e. The molecular formula is C26H26N2O3. The summed E-state index contributed by atoms with van der Waals surface area (Å²) >= 11 is 0. The first-order chi connectivity index (χ1) is 15.1. The van der Waals surface area contributed by atoms with Crippen LogP contribution in [-0.2, 0) is 4.79 Å². The van der Waals surface area contributed by atoms with Crippen molar-refractivity contribution >= 4 is 23.2 Å². The number of hydrogen-bond acceptors (Lipinski definition) is 3. The Balaban J connectivity index is 1.55. The molecule has 5 nitrogen and oxygen atoms in total. The average Bonchev–Trinajstić information content (AvgIpc) is 2.92. The standard InChI is InChI=1S/C26H26N2O3/c1-20-19-28(26(30)21-11-4-2-5-12-21)24-16-9-8-15-23(24)27(25(20)29)17-10-18-31-22-13-6-3-7-14-22/h2-9,11-16,20H,10,17-19H2,1H3. The van der Waals surface area contributed by atoms with Crippen LogP contribution in [0.25, 0.3) is 0 Å². The number of nitrogens with zero attached hydrogens (tertiary/aromatic N) is 2. The first kappa shape index (κ1) is 20.7. The molecule has 4 rings (SSSR count). The maximum absolute atomic E-state index is 13.3. The number of amides is 2. The van der Waals surface area contributed by atoms with Crippen molar-refractivity contribution in [1.29, 1.82) is 0 Å². The normalized spacial score (nSPS) is 15.9. The highest BCUT2D eigenvalue weighted by molar-refractivity contribution is 6.11. The molecule has 2 amide bonds. The highest BCUT2D eigenvalue weighted by Gasteiger charge is 2.33. The van der Waals surface area contributed by atoms with Crippen molar-refractivity contribution in [2.75, 3.05) is 29.5 Å². The molecule has 3 aromatic rings. The number of fused-ring (bicyclic) bond motifs is 1. The van der Waals surface area contributed by atoms with Crippen LogP contribution in [0.5, 0.6) is 5.75 Å². The number of para-hydroxylation sites is 3. The highest BCUT2D eigenvalue weighted by Crippen LogP contribution is 2.35. The summed E-state index contributed by atoms with van der Waals surface area (Å²) in [5, 5.41) is 0. The minimum atomic E-state index is -0.310. The molecule has 0 aliphatic carbocycles. The van der Waals surface area contributed by atoms with Crippen LogP contribution in [0.15, 0.2) is 84.9 Å². The number of anilines is 2. The molecular weight excluding hydrogens is 388 g/mol. The van der Waals surface area contributed by atoms with Crippen molar-refractivity contribution in [3.63, 3.8) is 0 Å². The monoisotopic (exact) mass is 414 g/mol. The molecule has 31 heavy (non-hydrogen) atoms. The fourth-order valence-corrected chi connectivity index (χ4v) is 3.84. The van der Waals surface area contributed by atoms with E-state index in [-0.39, 0.29) is 17.7 Å². The van der Waals surface area contributed by atoms with Crippen LogP contribution in [0.3, 0.4) is 0 Å². The molecule has 1 atom stereocenters. The van der Waals surface area contributed by atoms with E-state index in [9.17, 15) is 9.59 Å². The topological polar surface area (TPSA) is 49.9 Å². The Morgan fingerprint density at radius 2 is 1.52 bits per heavy atom. The van der Waals surface area contributed by atoms with Gasteiger partial charge in [0.25, 0.3) is 5.91 Å². The largest absolute Gasteiger partial charge is 0.494 e. The third-order valence-electron chi connectivity index (χ3n) is 5.41. The molecule has 3 aromatic carbocycles. The average molecular weight is 415 g/mol. The Labute approximate surface area is 182 Å². The van der Waals surface area contributed by atoms with E-state index in [4.69, 9.17) is 4.74 Å². The summed E-state index contributed by atoms with van der Waals surface area (Å²) in [4.78, 5) is 30.0. The maximum atomic E-state index is 13.3. The first-order valence-corrected chi connectivity index (χ1v) is 10.6. The zero-order chi connectivity index (χ0) is 21.6. The van der Waals surface area contributed by atoms with Gasteiger partial charge in [-0.25, -0.2) is 0 Å². The van der Waals surface area contributed by atoms with E-state index in [1.807, 2.05) is 79.7 Å². The van der Waals surface area contributed by atoms with Gasteiger partial charge < -0.3 is 14.5 Å². The lowest BCUT2D eigenvalue weighted by atomic mass is 10.1. The summed E-state index contributed by atoms with van der Waals surface area (Å²) in [7, 11) is 0. The second-order valence-electron chi connectivity index (χ2n) is 7.68. The van der Waals surface area contributed by atoms with E-state index in [0.29, 0.717) is 31.7 Å². The Bertz CT molecular complexity index is 1040. The molecule has 5 heteroatoms. The number of hydrogen-bond donors (Lipinski definition) is 0. The van der Waals surface area contributed by atoms with E-state index in [2.05, 4.69) is 0 Å². The van der Waals surface area contributed by atoms with Crippen molar-refractivity contribution in [3.05, 3.63) is 90.5 Å². The molecule has 1 unspecified atom stereocenters. The fraction of sp³-hybridized carbons (Fsp3) is 0.231. The molecule has 158 valence electrons. The molecule has 0 saturated carbocycles. The van der Waals surface area contributed by atoms with Crippen LogP contribution < -0.4 is 14.5 Å². The van der Waals surface area contributed by atoms with Crippen molar-refractivity contribution in [2.45, 2.75) is 13.3 Å². The lowest BCUT2D eigenvalue weighted by molar-refractivity contribution is -0.121. The van der Waals surface area contributed by atoms with Gasteiger partial charge >= 0.3 is 0 Å². The summed E-state index contributed by atoms with van der Waals surface area (Å²) < 4.78 is 5.79. The van der Waals surface area contributed by atoms with E-state index in [1.54, 1.807) is 21.9 Å². The molecule has 0 spiro atoms. The van der Waals surface area contributed by atoms with Gasteiger partial charge in [-0.05, 0) is 42.8 Å². The summed E-state index contributed by atoms with van der Waals surface area (Å²) in [5.74, 6) is 0.436. The van der Waals surface area contributed by atoms with Gasteiger partial charge in [-0.3, -0.25) is 9.59 Å². The molecule has 0 bridgehead atoms. The summed E-state index contributed by atoms with van der Waals surface area (Å²) in [6.07, 6.45) is 0.689. The first-order valence-electron chi connectivity index (χ1n) is 10.6. The van der Waals surface area contributed by atoms with Gasteiger partial charge in [0.15, 0.2) is 0 Å². The van der Waals surface area contributed by atoms with Gasteiger partial charge in [-0.2, -0.15) is 0 Å². The predicted octanol–water partition coefficient (Wildman–Crippen LogP) is 4.79. The van der Waals surface area contributed by atoms with Crippen molar-refractivity contribution in [1.82, 2.24) is 0 Å². The van der Waals surface area contributed by atoms with Gasteiger partial charge in [0, 0.05) is 18.7 Å². The van der Waals surface area contributed by atoms with Crippen LogP contribution in [0.2, 0.25) is 0 Å². The second kappa shape index (κ2) is 9.47. The maximum Gasteiger partial charge on any atom is 0.258 e. The number of carbonyl (C=O) groups excluding carboxylic acids is 2. The van der Waals surface area contributed by atoms with Gasteiger partial charge in [-0.1, -0.05) is 55.5 Å². The number of benzene rings is 3. The van der Waals surface area contributed by atoms with Crippen LogP contribution in [0.4, 0.5) is 11.4 Å². The van der Waals surface area contributed by atoms with E-state index in [0.717, 1.165) is 17.1 Å². The molecule has 0 aromatic heterocycles. The summed E-state index contributed by atoms with van der Waals surface area (Å²) in [6.45, 7) is 3.27. The predicted molar refractivity (Wildman–Crippen MR) is 123 cm³/mol. The Morgan fingerprint density at radius 3 is 2.23 bits per heavy atom.